The summed E-state index contributed by atoms with van der Waals surface area (Å²) in [5.41, 5.74) is 10.7. The van der Waals surface area contributed by atoms with Crippen molar-refractivity contribution >= 4 is 0 Å². The van der Waals surface area contributed by atoms with E-state index in [0.717, 1.165) is 19.1 Å². The Morgan fingerprint density at radius 3 is 2.86 bits per heavy atom. The fraction of sp³-hybridized carbons (Fsp3) is 0.700. The molecule has 0 spiro atoms. The third-order valence-corrected chi connectivity index (χ3v) is 5.50. The van der Waals surface area contributed by atoms with Crippen molar-refractivity contribution in [2.75, 3.05) is 13.2 Å². The minimum absolute atomic E-state index is 0.422. The lowest BCUT2D eigenvalue weighted by atomic mass is 9.82. The van der Waals surface area contributed by atoms with Crippen LogP contribution in [0.4, 0.5) is 0 Å². The molecular weight excluding hydrogens is 270 g/mol. The van der Waals surface area contributed by atoms with Crippen molar-refractivity contribution in [3.63, 3.8) is 0 Å². The van der Waals surface area contributed by atoms with Crippen molar-refractivity contribution < 1.29 is 4.74 Å². The highest BCUT2D eigenvalue weighted by Crippen LogP contribution is 2.36. The quantitative estimate of drug-likeness (QED) is 0.799. The molecule has 2 nitrogen and oxygen atoms in total. The highest BCUT2D eigenvalue weighted by Gasteiger charge is 2.25. The van der Waals surface area contributed by atoms with Gasteiger partial charge in [-0.15, -0.1) is 0 Å². The zero-order valence-corrected chi connectivity index (χ0v) is 14.0. The first-order chi connectivity index (χ1) is 10.8. The second-order valence-corrected chi connectivity index (χ2v) is 7.34. The fourth-order valence-electron chi connectivity index (χ4n) is 4.06. The first kappa shape index (κ1) is 16.0. The number of hydrogen-bond acceptors (Lipinski definition) is 2. The van der Waals surface area contributed by atoms with E-state index in [-0.39, 0.29) is 0 Å². The van der Waals surface area contributed by atoms with Crippen LogP contribution in [0.2, 0.25) is 0 Å². The van der Waals surface area contributed by atoms with Crippen LogP contribution in [-0.2, 0) is 17.6 Å². The van der Waals surface area contributed by atoms with Gasteiger partial charge in [-0.1, -0.05) is 31.5 Å². The van der Waals surface area contributed by atoms with Gasteiger partial charge in [-0.2, -0.15) is 0 Å². The molecule has 2 aliphatic rings. The number of benzene rings is 1. The topological polar surface area (TPSA) is 35.2 Å². The fourth-order valence-corrected chi connectivity index (χ4v) is 4.06. The van der Waals surface area contributed by atoms with Crippen LogP contribution in [0.1, 0.15) is 68.1 Å². The molecule has 2 heteroatoms. The Balaban J connectivity index is 1.57. The van der Waals surface area contributed by atoms with E-state index in [9.17, 15) is 0 Å². The van der Waals surface area contributed by atoms with E-state index in [2.05, 4.69) is 25.1 Å². The summed E-state index contributed by atoms with van der Waals surface area (Å²) in [6.45, 7) is 4.09. The molecule has 2 unspecified atom stereocenters. The molecule has 3 rings (SSSR count). The predicted molar refractivity (Wildman–Crippen MR) is 92.3 cm³/mol. The molecule has 2 N–H and O–H groups in total. The number of aryl methyl sites for hydroxylation is 1. The highest BCUT2D eigenvalue weighted by molar-refractivity contribution is 5.36. The zero-order valence-electron chi connectivity index (χ0n) is 14.0. The lowest BCUT2D eigenvalue weighted by Gasteiger charge is -2.26. The first-order valence-corrected chi connectivity index (χ1v) is 9.21. The normalized spacial score (nSPS) is 27.8. The molecule has 0 aromatic heterocycles. The first-order valence-electron chi connectivity index (χ1n) is 9.21. The SMILES string of the molecule is CCCCOC[C@@H]1CCc2cc(C3CCC(N)C3)ccc2C1. The van der Waals surface area contributed by atoms with Gasteiger partial charge in [-0.3, -0.25) is 0 Å². The molecule has 0 aliphatic heterocycles. The molecule has 122 valence electrons. The Morgan fingerprint density at radius 1 is 1.18 bits per heavy atom. The van der Waals surface area contributed by atoms with E-state index in [1.807, 2.05) is 0 Å². The predicted octanol–water partition coefficient (Wildman–Crippen LogP) is 4.20. The standard InChI is InChI=1S/C20H31NO/c1-2-3-10-22-14-15-4-5-17-12-18(7-6-16(17)11-15)19-8-9-20(21)13-19/h6-7,12,15,19-20H,2-5,8-11,13-14,21H2,1H3/t15-,19?,20?/m1/s1. The van der Waals surface area contributed by atoms with Crippen molar-refractivity contribution in [2.45, 2.75) is 70.3 Å². The van der Waals surface area contributed by atoms with E-state index >= 15 is 0 Å². The summed E-state index contributed by atoms with van der Waals surface area (Å²) >= 11 is 0. The van der Waals surface area contributed by atoms with Crippen molar-refractivity contribution in [2.24, 2.45) is 11.7 Å². The minimum Gasteiger partial charge on any atom is -0.381 e. The van der Waals surface area contributed by atoms with E-state index in [0.29, 0.717) is 12.0 Å². The molecule has 2 aliphatic carbocycles. The van der Waals surface area contributed by atoms with Gasteiger partial charge in [-0.05, 0) is 73.5 Å². The maximum atomic E-state index is 6.07. The molecule has 22 heavy (non-hydrogen) atoms. The number of hydrogen-bond donors (Lipinski definition) is 1. The average Bonchev–Trinajstić information content (AvgIpc) is 2.97. The third kappa shape index (κ3) is 3.91. The maximum Gasteiger partial charge on any atom is 0.0497 e. The van der Waals surface area contributed by atoms with E-state index in [4.69, 9.17) is 10.5 Å². The zero-order chi connectivity index (χ0) is 15.4. The molecule has 0 heterocycles. The van der Waals surface area contributed by atoms with Gasteiger partial charge in [0.05, 0.1) is 0 Å². The summed E-state index contributed by atoms with van der Waals surface area (Å²) < 4.78 is 5.83. The van der Waals surface area contributed by atoms with Crippen molar-refractivity contribution in [1.29, 1.82) is 0 Å². The lowest BCUT2D eigenvalue weighted by molar-refractivity contribution is 0.0921. The van der Waals surface area contributed by atoms with Gasteiger partial charge in [0.2, 0.25) is 0 Å². The van der Waals surface area contributed by atoms with Crippen LogP contribution in [0.5, 0.6) is 0 Å². The monoisotopic (exact) mass is 301 g/mol. The highest BCUT2D eigenvalue weighted by atomic mass is 16.5. The van der Waals surface area contributed by atoms with Gasteiger partial charge in [0.25, 0.3) is 0 Å². The van der Waals surface area contributed by atoms with Crippen molar-refractivity contribution in [1.82, 2.24) is 0 Å². The third-order valence-electron chi connectivity index (χ3n) is 5.50. The second-order valence-electron chi connectivity index (χ2n) is 7.34. The maximum absolute atomic E-state index is 6.07. The molecule has 3 atom stereocenters. The smallest absolute Gasteiger partial charge is 0.0497 e. The van der Waals surface area contributed by atoms with E-state index in [1.165, 1.54) is 56.9 Å². The number of nitrogens with two attached hydrogens (primary N) is 1. The van der Waals surface area contributed by atoms with Crippen LogP contribution in [0.3, 0.4) is 0 Å². The van der Waals surface area contributed by atoms with Crippen LogP contribution < -0.4 is 5.73 Å². The molecule has 0 amide bonds. The Morgan fingerprint density at radius 2 is 2.09 bits per heavy atom. The molecule has 0 bridgehead atoms. The minimum atomic E-state index is 0.422. The van der Waals surface area contributed by atoms with Crippen LogP contribution in [0.25, 0.3) is 0 Å². The number of ether oxygens (including phenoxy) is 1. The summed E-state index contributed by atoms with van der Waals surface area (Å²) in [5, 5.41) is 0. The largest absolute Gasteiger partial charge is 0.381 e. The van der Waals surface area contributed by atoms with Gasteiger partial charge in [0.1, 0.15) is 0 Å². The molecule has 1 saturated carbocycles. The number of unbranched alkanes of at least 4 members (excludes halogenated alkanes) is 1. The van der Waals surface area contributed by atoms with Crippen molar-refractivity contribution in [3.8, 4) is 0 Å². The summed E-state index contributed by atoms with van der Waals surface area (Å²) in [4.78, 5) is 0. The van der Waals surface area contributed by atoms with Gasteiger partial charge < -0.3 is 10.5 Å². The van der Waals surface area contributed by atoms with Crippen LogP contribution in [0.15, 0.2) is 18.2 Å². The molecule has 1 aromatic carbocycles. The van der Waals surface area contributed by atoms with E-state index < -0.39 is 0 Å². The number of rotatable bonds is 6. The van der Waals surface area contributed by atoms with Crippen LogP contribution in [0, 0.1) is 5.92 Å². The summed E-state index contributed by atoms with van der Waals surface area (Å²) in [6, 6.07) is 7.64. The van der Waals surface area contributed by atoms with Crippen LogP contribution in [-0.4, -0.2) is 19.3 Å². The Bertz CT molecular complexity index is 485. The molecule has 0 radical (unpaired) electrons. The van der Waals surface area contributed by atoms with Crippen LogP contribution >= 0.6 is 0 Å². The molecule has 1 aromatic rings. The van der Waals surface area contributed by atoms with Gasteiger partial charge in [-0.25, -0.2) is 0 Å². The number of fused-ring (bicyclic) bond motifs is 1. The van der Waals surface area contributed by atoms with Gasteiger partial charge in [0.15, 0.2) is 0 Å². The molecular formula is C20H31NO. The Kier molecular flexibility index (Phi) is 5.54. The molecule has 1 fully saturated rings. The summed E-state index contributed by atoms with van der Waals surface area (Å²) in [7, 11) is 0. The van der Waals surface area contributed by atoms with Crippen molar-refractivity contribution in [3.05, 3.63) is 34.9 Å². The summed E-state index contributed by atoms with van der Waals surface area (Å²) in [5.74, 6) is 1.42. The Labute approximate surface area is 135 Å². The van der Waals surface area contributed by atoms with E-state index in [1.54, 1.807) is 11.1 Å². The average molecular weight is 301 g/mol. The van der Waals surface area contributed by atoms with Gasteiger partial charge in [0, 0.05) is 19.3 Å². The molecule has 0 saturated heterocycles. The Hall–Kier alpha value is -0.860. The lowest BCUT2D eigenvalue weighted by Crippen LogP contribution is -2.20. The van der Waals surface area contributed by atoms with Gasteiger partial charge >= 0.3 is 0 Å². The second kappa shape index (κ2) is 7.61. The summed E-state index contributed by atoms with van der Waals surface area (Å²) in [6.07, 6.45) is 9.76.